The molecule has 1 heterocycles. The largest absolute Gasteiger partial charge is 0.454 e. The van der Waals surface area contributed by atoms with E-state index in [4.69, 9.17) is 22.1 Å². The van der Waals surface area contributed by atoms with Gasteiger partial charge in [0.1, 0.15) is 0 Å². The second-order valence-corrected chi connectivity index (χ2v) is 7.00. The Morgan fingerprint density at radius 1 is 1.14 bits per heavy atom. The number of hydrogen-bond donors (Lipinski definition) is 3. The Balaban J connectivity index is 1.69. The summed E-state index contributed by atoms with van der Waals surface area (Å²) in [5.41, 5.74) is 7.13. The summed E-state index contributed by atoms with van der Waals surface area (Å²) in [6.07, 6.45) is 0.430. The minimum absolute atomic E-state index is 0.184. The molecule has 0 aliphatic rings. The van der Waals surface area contributed by atoms with Crippen LogP contribution < -0.4 is 11.1 Å². The number of fused-ring (bicyclic) bond motifs is 1. The first-order valence-corrected chi connectivity index (χ1v) is 9.34. The number of aromatic nitrogens is 1. The molecule has 4 N–H and O–H groups in total. The Hall–Kier alpha value is -3.32. The van der Waals surface area contributed by atoms with Crippen molar-refractivity contribution in [2.45, 2.75) is 25.5 Å². The van der Waals surface area contributed by atoms with Crippen molar-refractivity contribution < 1.29 is 19.1 Å². The number of para-hydroxylation sites is 1. The highest BCUT2D eigenvalue weighted by Gasteiger charge is 2.25. The van der Waals surface area contributed by atoms with Crippen molar-refractivity contribution in [1.82, 2.24) is 10.3 Å². The van der Waals surface area contributed by atoms with Crippen LogP contribution in [0, 0.1) is 0 Å². The number of benzene rings is 2. The van der Waals surface area contributed by atoms with Gasteiger partial charge in [-0.05, 0) is 30.7 Å². The number of amides is 2. The van der Waals surface area contributed by atoms with Crippen molar-refractivity contribution in [2.24, 2.45) is 5.73 Å². The maximum atomic E-state index is 12.7. The van der Waals surface area contributed by atoms with E-state index in [0.717, 1.165) is 10.9 Å². The van der Waals surface area contributed by atoms with Crippen LogP contribution in [0.5, 0.6) is 0 Å². The van der Waals surface area contributed by atoms with E-state index in [9.17, 15) is 14.4 Å². The standard InChI is InChI=1S/C21H20ClN3O4/c1-12(20(27)16-11-24-17-5-3-2-4-15(16)17)29-19(26)10-18(25-21(23)28)13-6-8-14(22)9-7-13/h2-9,11-12,18,24H,10H2,1H3,(H3,23,25,28)/t12-,18+/m0/s1. The van der Waals surface area contributed by atoms with Crippen LogP contribution in [0.15, 0.2) is 54.7 Å². The molecule has 3 rings (SSSR count). The van der Waals surface area contributed by atoms with Crippen LogP contribution in [0.1, 0.15) is 35.3 Å². The summed E-state index contributed by atoms with van der Waals surface area (Å²) < 4.78 is 5.32. The fraction of sp³-hybridized carbons (Fsp3) is 0.190. The summed E-state index contributed by atoms with van der Waals surface area (Å²) >= 11 is 5.88. The van der Waals surface area contributed by atoms with Crippen molar-refractivity contribution >= 4 is 40.3 Å². The van der Waals surface area contributed by atoms with Crippen molar-refractivity contribution in [3.05, 3.63) is 70.9 Å². The molecule has 2 amide bonds. The summed E-state index contributed by atoms with van der Waals surface area (Å²) in [7, 11) is 0. The lowest BCUT2D eigenvalue weighted by molar-refractivity contribution is -0.146. The average molecular weight is 414 g/mol. The molecule has 0 spiro atoms. The first kappa shape index (κ1) is 20.4. The van der Waals surface area contributed by atoms with Crippen LogP contribution in [-0.4, -0.2) is 28.9 Å². The van der Waals surface area contributed by atoms with Crippen molar-refractivity contribution in [3.63, 3.8) is 0 Å². The number of carbonyl (C=O) groups excluding carboxylic acids is 3. The third kappa shape index (κ3) is 4.94. The van der Waals surface area contributed by atoms with Gasteiger partial charge in [0.15, 0.2) is 6.10 Å². The molecule has 1 aromatic heterocycles. The van der Waals surface area contributed by atoms with Gasteiger partial charge >= 0.3 is 12.0 Å². The topological polar surface area (TPSA) is 114 Å². The van der Waals surface area contributed by atoms with E-state index >= 15 is 0 Å². The molecule has 0 aliphatic heterocycles. The number of urea groups is 1. The second-order valence-electron chi connectivity index (χ2n) is 6.56. The molecule has 0 fully saturated rings. The lowest BCUT2D eigenvalue weighted by atomic mass is 10.0. The average Bonchev–Trinajstić information content (AvgIpc) is 3.11. The second kappa shape index (κ2) is 8.79. The number of halogens is 1. The summed E-state index contributed by atoms with van der Waals surface area (Å²) in [6.45, 7) is 1.51. The van der Waals surface area contributed by atoms with E-state index in [1.165, 1.54) is 6.92 Å². The van der Waals surface area contributed by atoms with Crippen LogP contribution in [0.2, 0.25) is 5.02 Å². The highest BCUT2D eigenvalue weighted by molar-refractivity contribution is 6.30. The summed E-state index contributed by atoms with van der Waals surface area (Å²) in [6, 6.07) is 12.5. The molecule has 7 nitrogen and oxygen atoms in total. The number of ketones is 1. The van der Waals surface area contributed by atoms with E-state index in [1.807, 2.05) is 24.3 Å². The number of primary amides is 1. The van der Waals surface area contributed by atoms with Crippen LogP contribution in [0.4, 0.5) is 4.79 Å². The van der Waals surface area contributed by atoms with Gasteiger partial charge in [-0.1, -0.05) is 41.9 Å². The van der Waals surface area contributed by atoms with Gasteiger partial charge in [-0.3, -0.25) is 9.59 Å². The number of esters is 1. The van der Waals surface area contributed by atoms with E-state index < -0.39 is 24.1 Å². The first-order valence-electron chi connectivity index (χ1n) is 8.96. The molecule has 0 bridgehead atoms. The monoisotopic (exact) mass is 413 g/mol. The number of ether oxygens (including phenoxy) is 1. The Kier molecular flexibility index (Phi) is 6.19. The van der Waals surface area contributed by atoms with Crippen LogP contribution in [-0.2, 0) is 9.53 Å². The number of carbonyl (C=O) groups is 3. The van der Waals surface area contributed by atoms with Gasteiger partial charge in [0, 0.05) is 27.7 Å². The quantitative estimate of drug-likeness (QED) is 0.404. The maximum absolute atomic E-state index is 12.7. The molecule has 2 aromatic carbocycles. The molecular weight excluding hydrogens is 394 g/mol. The lowest BCUT2D eigenvalue weighted by Crippen LogP contribution is -2.35. The number of nitrogens with two attached hydrogens (primary N) is 1. The van der Waals surface area contributed by atoms with Gasteiger partial charge in [-0.2, -0.15) is 0 Å². The van der Waals surface area contributed by atoms with Crippen LogP contribution >= 0.6 is 11.6 Å². The minimum atomic E-state index is -0.985. The van der Waals surface area contributed by atoms with Gasteiger partial charge < -0.3 is 20.8 Å². The lowest BCUT2D eigenvalue weighted by Gasteiger charge is -2.19. The molecule has 0 saturated carbocycles. The Morgan fingerprint density at radius 3 is 2.52 bits per heavy atom. The van der Waals surface area contributed by atoms with E-state index in [2.05, 4.69) is 10.3 Å². The fourth-order valence-electron chi connectivity index (χ4n) is 3.08. The van der Waals surface area contributed by atoms with Crippen molar-refractivity contribution in [3.8, 4) is 0 Å². The number of aromatic amines is 1. The maximum Gasteiger partial charge on any atom is 0.312 e. The van der Waals surface area contributed by atoms with Crippen molar-refractivity contribution in [2.75, 3.05) is 0 Å². The molecule has 29 heavy (non-hydrogen) atoms. The van der Waals surface area contributed by atoms with Gasteiger partial charge in [0.05, 0.1) is 12.5 Å². The van der Waals surface area contributed by atoms with E-state index in [-0.39, 0.29) is 12.2 Å². The summed E-state index contributed by atoms with van der Waals surface area (Å²) in [5.74, 6) is -0.957. The molecular formula is C21H20ClN3O4. The molecule has 0 radical (unpaired) electrons. The van der Waals surface area contributed by atoms with Gasteiger partial charge in [0.25, 0.3) is 0 Å². The third-order valence-electron chi connectivity index (χ3n) is 4.49. The van der Waals surface area contributed by atoms with Gasteiger partial charge in [-0.15, -0.1) is 0 Å². The Morgan fingerprint density at radius 2 is 1.83 bits per heavy atom. The molecule has 8 heteroatoms. The number of hydrogen-bond acceptors (Lipinski definition) is 4. The van der Waals surface area contributed by atoms with E-state index in [1.54, 1.807) is 30.5 Å². The molecule has 0 unspecified atom stereocenters. The van der Waals surface area contributed by atoms with Crippen LogP contribution in [0.3, 0.4) is 0 Å². The smallest absolute Gasteiger partial charge is 0.312 e. The predicted octanol–water partition coefficient (Wildman–Crippen LogP) is 3.74. The zero-order chi connectivity index (χ0) is 21.0. The first-order chi connectivity index (χ1) is 13.8. The van der Waals surface area contributed by atoms with E-state index in [0.29, 0.717) is 16.1 Å². The number of rotatable bonds is 7. The van der Waals surface area contributed by atoms with Crippen molar-refractivity contribution in [1.29, 1.82) is 0 Å². The Bertz CT molecular complexity index is 1050. The number of Topliss-reactive ketones (excluding diaryl/α,β-unsaturated/α-hetero) is 1. The fourth-order valence-corrected chi connectivity index (χ4v) is 3.20. The summed E-state index contributed by atoms with van der Waals surface area (Å²) in [5, 5.41) is 3.79. The minimum Gasteiger partial charge on any atom is -0.454 e. The molecule has 2 atom stereocenters. The Labute approximate surface area is 172 Å². The molecule has 0 saturated heterocycles. The SMILES string of the molecule is C[C@H](OC(=O)C[C@@H](NC(N)=O)c1ccc(Cl)cc1)C(=O)c1c[nH]c2ccccc12. The van der Waals surface area contributed by atoms with Gasteiger partial charge in [-0.25, -0.2) is 4.79 Å². The third-order valence-corrected chi connectivity index (χ3v) is 4.74. The summed E-state index contributed by atoms with van der Waals surface area (Å²) in [4.78, 5) is 39.5. The highest BCUT2D eigenvalue weighted by Crippen LogP contribution is 2.22. The molecule has 150 valence electrons. The van der Waals surface area contributed by atoms with Gasteiger partial charge in [0.2, 0.25) is 5.78 Å². The molecule has 3 aromatic rings. The normalized spacial score (nSPS) is 12.9. The number of nitrogens with one attached hydrogen (secondary N) is 2. The zero-order valence-corrected chi connectivity index (χ0v) is 16.4. The number of H-pyrrole nitrogens is 1. The highest BCUT2D eigenvalue weighted by atomic mass is 35.5. The zero-order valence-electron chi connectivity index (χ0n) is 15.6. The predicted molar refractivity (Wildman–Crippen MR) is 110 cm³/mol. The van der Waals surface area contributed by atoms with Crippen LogP contribution in [0.25, 0.3) is 10.9 Å². The molecule has 0 aliphatic carbocycles.